The van der Waals surface area contributed by atoms with Crippen LogP contribution in [0.25, 0.3) is 0 Å². The number of nitrogens with two attached hydrogens (primary N) is 1. The first kappa shape index (κ1) is 14.5. The van der Waals surface area contributed by atoms with E-state index in [0.29, 0.717) is 0 Å². The lowest BCUT2D eigenvalue weighted by atomic mass is 10.1. The van der Waals surface area contributed by atoms with Crippen LogP contribution in [0.4, 0.5) is 0 Å². The Morgan fingerprint density at radius 2 is 1.56 bits per heavy atom. The highest BCUT2D eigenvalue weighted by Gasteiger charge is 2.11. The van der Waals surface area contributed by atoms with E-state index in [1.54, 1.807) is 6.07 Å². The third kappa shape index (κ3) is 5.38. The predicted octanol–water partition coefficient (Wildman–Crippen LogP) is 2.42. The van der Waals surface area contributed by atoms with Crippen molar-refractivity contribution >= 4 is 35.1 Å². The lowest BCUT2D eigenvalue weighted by molar-refractivity contribution is 0.0692. The average Bonchev–Trinajstić information content (AvgIpc) is 2.16. The van der Waals surface area contributed by atoms with Crippen molar-refractivity contribution in [1.29, 1.82) is 0 Å². The van der Waals surface area contributed by atoms with Crippen molar-refractivity contribution < 1.29 is 14.7 Å². The summed E-state index contributed by atoms with van der Waals surface area (Å²) >= 11 is 9.69. The minimum absolute atomic E-state index is 0.0324. The standard InChI is InChI=1S/C8H7NO3.C2H2Cl2/c9-7(10)5-3-1-2-4-6(5)8(11)12;1-2(3)4/h1-4H,(H2,9,10)(H,11,12);1H2. The van der Waals surface area contributed by atoms with E-state index in [1.807, 2.05) is 0 Å². The van der Waals surface area contributed by atoms with E-state index in [9.17, 15) is 9.59 Å². The van der Waals surface area contributed by atoms with Crippen LogP contribution in [0.15, 0.2) is 35.3 Å². The highest BCUT2D eigenvalue weighted by molar-refractivity contribution is 6.55. The summed E-state index contributed by atoms with van der Waals surface area (Å²) < 4.78 is 0.111. The molecule has 1 amide bonds. The molecule has 0 aliphatic carbocycles. The lowest BCUT2D eigenvalue weighted by Gasteiger charge is -1.99. The van der Waals surface area contributed by atoms with Crippen molar-refractivity contribution in [3.05, 3.63) is 46.5 Å². The van der Waals surface area contributed by atoms with Crippen LogP contribution in [0.5, 0.6) is 0 Å². The van der Waals surface area contributed by atoms with Crippen LogP contribution in [0, 0.1) is 0 Å². The van der Waals surface area contributed by atoms with Gasteiger partial charge in [0.05, 0.1) is 15.6 Å². The summed E-state index contributed by atoms with van der Waals surface area (Å²) in [6.45, 7) is 3.09. The summed E-state index contributed by atoms with van der Waals surface area (Å²) in [5.74, 6) is -1.88. The molecule has 0 unspecified atom stereocenters. The van der Waals surface area contributed by atoms with Crippen LogP contribution < -0.4 is 5.73 Å². The van der Waals surface area contributed by atoms with Crippen molar-refractivity contribution in [3.63, 3.8) is 0 Å². The Labute approximate surface area is 102 Å². The van der Waals surface area contributed by atoms with Gasteiger partial charge in [-0.2, -0.15) is 0 Å². The SMILES string of the molecule is C=C(Cl)Cl.NC(=O)c1ccccc1C(=O)O. The fourth-order valence-corrected chi connectivity index (χ4v) is 0.884. The third-order valence-electron chi connectivity index (χ3n) is 1.42. The van der Waals surface area contributed by atoms with Crippen molar-refractivity contribution in [2.24, 2.45) is 5.73 Å². The molecule has 0 fully saturated rings. The van der Waals surface area contributed by atoms with E-state index in [2.05, 4.69) is 6.58 Å². The number of amides is 1. The van der Waals surface area contributed by atoms with Crippen LogP contribution in [-0.4, -0.2) is 17.0 Å². The monoisotopic (exact) mass is 261 g/mol. The molecule has 1 rings (SSSR count). The highest BCUT2D eigenvalue weighted by atomic mass is 35.5. The van der Waals surface area contributed by atoms with E-state index in [1.165, 1.54) is 18.2 Å². The maximum absolute atomic E-state index is 10.7. The summed E-state index contributed by atoms with van der Waals surface area (Å²) in [6.07, 6.45) is 0. The van der Waals surface area contributed by atoms with Crippen molar-refractivity contribution in [2.75, 3.05) is 0 Å². The average molecular weight is 262 g/mol. The van der Waals surface area contributed by atoms with Gasteiger partial charge in [-0.15, -0.1) is 0 Å². The molecule has 0 aromatic heterocycles. The molecule has 1 aromatic carbocycles. The zero-order valence-corrected chi connectivity index (χ0v) is 9.63. The molecule has 3 N–H and O–H groups in total. The van der Waals surface area contributed by atoms with Crippen LogP contribution in [0.3, 0.4) is 0 Å². The second kappa shape index (κ2) is 6.87. The first-order chi connectivity index (χ1) is 7.36. The molecule has 1 aromatic rings. The number of carboxylic acids is 1. The van der Waals surface area contributed by atoms with E-state index < -0.39 is 11.9 Å². The summed E-state index contributed by atoms with van der Waals surface area (Å²) in [4.78, 5) is 21.2. The van der Waals surface area contributed by atoms with Gasteiger partial charge >= 0.3 is 5.97 Å². The molecule has 0 aliphatic heterocycles. The zero-order valence-electron chi connectivity index (χ0n) is 8.11. The number of carbonyl (C=O) groups is 2. The van der Waals surface area contributed by atoms with Gasteiger partial charge in [-0.25, -0.2) is 4.79 Å². The topological polar surface area (TPSA) is 80.4 Å². The quantitative estimate of drug-likeness (QED) is 0.858. The van der Waals surface area contributed by atoms with E-state index in [-0.39, 0.29) is 15.6 Å². The molecule has 0 bridgehead atoms. The Kier molecular flexibility index (Phi) is 6.22. The summed E-state index contributed by atoms with van der Waals surface area (Å²) in [7, 11) is 0. The number of primary amides is 1. The molecular formula is C10H9Cl2NO3. The lowest BCUT2D eigenvalue weighted by Crippen LogP contribution is -2.15. The Bertz CT molecular complexity index is 381. The van der Waals surface area contributed by atoms with Gasteiger partial charge in [0.2, 0.25) is 5.91 Å². The van der Waals surface area contributed by atoms with Crippen molar-refractivity contribution in [1.82, 2.24) is 0 Å². The summed E-state index contributed by atoms with van der Waals surface area (Å²) in [5, 5.41) is 8.61. The molecule has 0 spiro atoms. The summed E-state index contributed by atoms with van der Waals surface area (Å²) in [6, 6.07) is 5.82. The first-order valence-electron chi connectivity index (χ1n) is 3.98. The number of carbonyl (C=O) groups excluding carboxylic acids is 1. The molecule has 86 valence electrons. The van der Waals surface area contributed by atoms with Crippen molar-refractivity contribution in [2.45, 2.75) is 0 Å². The van der Waals surface area contributed by atoms with Gasteiger partial charge in [-0.05, 0) is 12.1 Å². The maximum Gasteiger partial charge on any atom is 0.336 e. The van der Waals surface area contributed by atoms with E-state index in [0.717, 1.165) is 0 Å². The van der Waals surface area contributed by atoms with Gasteiger partial charge in [-0.1, -0.05) is 41.9 Å². The number of carboxylic acid groups (broad SMARTS) is 1. The molecule has 0 saturated carbocycles. The number of benzene rings is 1. The fourth-order valence-electron chi connectivity index (χ4n) is 0.884. The second-order valence-corrected chi connectivity index (χ2v) is 3.66. The van der Waals surface area contributed by atoms with Gasteiger partial charge in [0.1, 0.15) is 0 Å². The smallest absolute Gasteiger partial charge is 0.336 e. The second-order valence-electron chi connectivity index (χ2n) is 2.55. The predicted molar refractivity (Wildman–Crippen MR) is 62.8 cm³/mol. The minimum Gasteiger partial charge on any atom is -0.478 e. The van der Waals surface area contributed by atoms with Gasteiger partial charge in [0.15, 0.2) is 0 Å². The number of halogens is 2. The van der Waals surface area contributed by atoms with Gasteiger partial charge < -0.3 is 10.8 Å². The number of hydrogen-bond donors (Lipinski definition) is 2. The van der Waals surface area contributed by atoms with E-state index in [4.69, 9.17) is 34.0 Å². The molecule has 0 saturated heterocycles. The Morgan fingerprint density at radius 1 is 1.19 bits per heavy atom. The minimum atomic E-state index is -1.15. The van der Waals surface area contributed by atoms with Crippen LogP contribution in [0.2, 0.25) is 0 Å². The first-order valence-corrected chi connectivity index (χ1v) is 4.74. The van der Waals surface area contributed by atoms with Gasteiger partial charge in [0.25, 0.3) is 0 Å². The molecule has 0 radical (unpaired) electrons. The normalized spacial score (nSPS) is 8.62. The van der Waals surface area contributed by atoms with E-state index >= 15 is 0 Å². The molecule has 0 atom stereocenters. The Morgan fingerprint density at radius 3 is 1.81 bits per heavy atom. The number of aromatic carboxylic acids is 1. The van der Waals surface area contributed by atoms with Crippen LogP contribution in [-0.2, 0) is 0 Å². The summed E-state index contributed by atoms with van der Waals surface area (Å²) in [5.41, 5.74) is 4.92. The zero-order chi connectivity index (χ0) is 12.7. The van der Waals surface area contributed by atoms with Crippen LogP contribution in [0.1, 0.15) is 20.7 Å². The third-order valence-corrected chi connectivity index (χ3v) is 1.42. The Hall–Kier alpha value is -1.52. The molecule has 6 heteroatoms. The molecule has 16 heavy (non-hydrogen) atoms. The van der Waals surface area contributed by atoms with Crippen LogP contribution >= 0.6 is 23.2 Å². The molecule has 0 heterocycles. The highest BCUT2D eigenvalue weighted by Crippen LogP contribution is 2.07. The molecule has 4 nitrogen and oxygen atoms in total. The Balaban J connectivity index is 0.000000487. The van der Waals surface area contributed by atoms with Gasteiger partial charge in [-0.3, -0.25) is 4.79 Å². The largest absolute Gasteiger partial charge is 0.478 e. The van der Waals surface area contributed by atoms with Crippen molar-refractivity contribution in [3.8, 4) is 0 Å². The molecular weight excluding hydrogens is 253 g/mol. The van der Waals surface area contributed by atoms with Gasteiger partial charge in [0, 0.05) is 0 Å². The fraction of sp³-hybridized carbons (Fsp3) is 0. The number of hydrogen-bond acceptors (Lipinski definition) is 2. The number of rotatable bonds is 2. The molecule has 0 aliphatic rings. The maximum atomic E-state index is 10.7.